The largest absolute Gasteiger partial charge is 0.335 e. The summed E-state index contributed by atoms with van der Waals surface area (Å²) in [6.07, 6.45) is 4.01. The zero-order valence-corrected chi connectivity index (χ0v) is 14.9. The maximum atomic E-state index is 12.8. The van der Waals surface area contributed by atoms with Gasteiger partial charge in [0, 0.05) is 30.6 Å². The van der Waals surface area contributed by atoms with Crippen LogP contribution in [0.2, 0.25) is 0 Å². The third-order valence-electron chi connectivity index (χ3n) is 4.73. The fourth-order valence-electron chi connectivity index (χ4n) is 3.43. The van der Waals surface area contributed by atoms with Crippen LogP contribution < -0.4 is 0 Å². The minimum absolute atomic E-state index is 0.0377. The molecule has 4 nitrogen and oxygen atoms in total. The number of piperidine rings is 1. The second-order valence-corrected chi connectivity index (χ2v) is 8.11. The number of thiophene rings is 1. The van der Waals surface area contributed by atoms with Gasteiger partial charge in [0.2, 0.25) is 5.91 Å². The van der Waals surface area contributed by atoms with E-state index in [1.165, 1.54) is 16.9 Å². The second-order valence-electron chi connectivity index (χ2n) is 6.82. The number of rotatable bonds is 3. The highest BCUT2D eigenvalue weighted by molar-refractivity contribution is 7.13. The van der Waals surface area contributed by atoms with Crippen LogP contribution in [-0.2, 0) is 4.79 Å². The van der Waals surface area contributed by atoms with Crippen LogP contribution in [0.5, 0.6) is 0 Å². The maximum absolute atomic E-state index is 12.8. The van der Waals surface area contributed by atoms with Gasteiger partial charge in [-0.25, -0.2) is 0 Å². The highest BCUT2D eigenvalue weighted by Crippen LogP contribution is 2.30. The molecule has 124 valence electrons. The zero-order valence-electron chi connectivity index (χ0n) is 14.0. The fourth-order valence-corrected chi connectivity index (χ4v) is 4.27. The molecule has 1 aromatic heterocycles. The van der Waals surface area contributed by atoms with Crippen molar-refractivity contribution in [2.45, 2.75) is 39.7 Å². The van der Waals surface area contributed by atoms with Crippen LogP contribution in [0.15, 0.2) is 23.8 Å². The third-order valence-corrected chi connectivity index (χ3v) is 5.72. The van der Waals surface area contributed by atoms with E-state index >= 15 is 0 Å². The molecule has 2 bridgehead atoms. The van der Waals surface area contributed by atoms with Crippen molar-refractivity contribution in [2.75, 3.05) is 19.6 Å². The molecule has 0 aromatic carbocycles. The predicted octanol–water partition coefficient (Wildman–Crippen LogP) is 3.09. The number of hydrogen-bond acceptors (Lipinski definition) is 3. The second kappa shape index (κ2) is 6.48. The lowest BCUT2D eigenvalue weighted by molar-refractivity contribution is -0.139. The fraction of sp³-hybridized carbons (Fsp3) is 0.556. The Morgan fingerprint density at radius 2 is 2.09 bits per heavy atom. The lowest BCUT2D eigenvalue weighted by Gasteiger charge is -2.35. The van der Waals surface area contributed by atoms with Crippen molar-refractivity contribution in [3.63, 3.8) is 0 Å². The summed E-state index contributed by atoms with van der Waals surface area (Å²) in [7, 11) is 0. The normalized spacial score (nSPS) is 23.9. The Bertz CT molecular complexity index is 645. The molecule has 3 aliphatic heterocycles. The number of carbonyl (C=O) groups excluding carboxylic acids is 2. The number of fused-ring (bicyclic) bond motifs is 4. The summed E-state index contributed by atoms with van der Waals surface area (Å²) >= 11 is 1.54. The molecule has 0 radical (unpaired) electrons. The smallest absolute Gasteiger partial charge is 0.264 e. The summed E-state index contributed by atoms with van der Waals surface area (Å²) in [6.45, 7) is 8.01. The zero-order chi connectivity index (χ0) is 16.6. The molecule has 4 heterocycles. The van der Waals surface area contributed by atoms with Crippen LogP contribution in [0.25, 0.3) is 0 Å². The van der Waals surface area contributed by atoms with Crippen molar-refractivity contribution in [1.82, 2.24) is 9.80 Å². The number of nitrogens with zero attached hydrogens (tertiary/aromatic N) is 2. The van der Waals surface area contributed by atoms with Crippen molar-refractivity contribution >= 4 is 23.2 Å². The van der Waals surface area contributed by atoms with Gasteiger partial charge in [-0.1, -0.05) is 11.6 Å². The Morgan fingerprint density at radius 3 is 2.74 bits per heavy atom. The maximum Gasteiger partial charge on any atom is 0.264 e. The molecule has 0 spiro atoms. The Balaban J connectivity index is 1.79. The molecule has 0 unspecified atom stereocenters. The molecule has 0 N–H and O–H groups in total. The molecule has 0 aliphatic carbocycles. The monoisotopic (exact) mass is 332 g/mol. The lowest BCUT2D eigenvalue weighted by Crippen LogP contribution is -2.48. The Morgan fingerprint density at radius 1 is 1.30 bits per heavy atom. The summed E-state index contributed by atoms with van der Waals surface area (Å²) in [4.78, 5) is 31.3. The highest BCUT2D eigenvalue weighted by Gasteiger charge is 2.41. The quantitative estimate of drug-likeness (QED) is 0.798. The molecule has 5 heteroatoms. The molecule has 1 aromatic rings. The van der Waals surface area contributed by atoms with Crippen LogP contribution in [0.3, 0.4) is 0 Å². The average Bonchev–Trinajstić information content (AvgIpc) is 2.76. The van der Waals surface area contributed by atoms with Gasteiger partial charge in [0.15, 0.2) is 0 Å². The highest BCUT2D eigenvalue weighted by atomic mass is 32.1. The van der Waals surface area contributed by atoms with Crippen molar-refractivity contribution in [2.24, 2.45) is 5.92 Å². The number of amides is 2. The number of carbonyl (C=O) groups is 2. The van der Waals surface area contributed by atoms with E-state index in [2.05, 4.69) is 19.9 Å². The van der Waals surface area contributed by atoms with E-state index in [0.29, 0.717) is 19.6 Å². The van der Waals surface area contributed by atoms with Crippen LogP contribution in [-0.4, -0.2) is 47.3 Å². The molecule has 0 saturated carbocycles. The average molecular weight is 332 g/mol. The number of hydrogen-bond donors (Lipinski definition) is 0. The third kappa shape index (κ3) is 3.34. The number of allylic oxidation sites excluding steroid dienone is 1. The van der Waals surface area contributed by atoms with Gasteiger partial charge < -0.3 is 9.80 Å². The predicted molar refractivity (Wildman–Crippen MR) is 92.6 cm³/mol. The summed E-state index contributed by atoms with van der Waals surface area (Å²) in [5, 5.41) is 0. The minimum atomic E-state index is -0.0377. The molecule has 2 atom stereocenters. The van der Waals surface area contributed by atoms with Crippen molar-refractivity contribution in [3.8, 4) is 0 Å². The molecule has 3 aliphatic rings. The first-order valence-corrected chi connectivity index (χ1v) is 9.07. The van der Waals surface area contributed by atoms with Gasteiger partial charge in [0.25, 0.3) is 5.91 Å². The molecule has 23 heavy (non-hydrogen) atoms. The van der Waals surface area contributed by atoms with E-state index in [4.69, 9.17) is 0 Å². The van der Waals surface area contributed by atoms with Gasteiger partial charge in [-0.05, 0) is 45.7 Å². The van der Waals surface area contributed by atoms with Crippen molar-refractivity contribution in [1.29, 1.82) is 0 Å². The van der Waals surface area contributed by atoms with E-state index in [1.54, 1.807) is 0 Å². The lowest BCUT2D eigenvalue weighted by atomic mass is 9.94. The molecule has 2 amide bonds. The molecule has 3 saturated heterocycles. The Kier molecular flexibility index (Phi) is 4.57. The van der Waals surface area contributed by atoms with E-state index < -0.39 is 0 Å². The van der Waals surface area contributed by atoms with Gasteiger partial charge in [-0.3, -0.25) is 9.59 Å². The van der Waals surface area contributed by atoms with Gasteiger partial charge in [-0.2, -0.15) is 0 Å². The first-order chi connectivity index (χ1) is 11.0. The van der Waals surface area contributed by atoms with Crippen LogP contribution >= 0.6 is 11.3 Å². The number of aryl methyl sites for hydroxylation is 1. The Labute approximate surface area is 141 Å². The summed E-state index contributed by atoms with van der Waals surface area (Å²) in [6, 6.07) is 4.04. The van der Waals surface area contributed by atoms with Gasteiger partial charge >= 0.3 is 0 Å². The summed E-state index contributed by atoms with van der Waals surface area (Å²) in [5.74, 6) is 0.262. The van der Waals surface area contributed by atoms with Crippen molar-refractivity contribution < 1.29 is 9.59 Å². The standard InChI is InChI=1S/C18H24N2O2S/c1-12(2)8-9-20-15-6-5-14(17(20)21)10-19(11-15)18(22)16-7-4-13(3)23-16/h4,7-8,14-15H,5-6,9-11H2,1-3H3/t14-,15+/m1/s1. The Hall–Kier alpha value is -1.62. The van der Waals surface area contributed by atoms with E-state index in [1.807, 2.05) is 28.9 Å². The summed E-state index contributed by atoms with van der Waals surface area (Å²) < 4.78 is 0. The SMILES string of the molecule is CC(C)=CCN1C(=O)[C@@H]2CC[C@H]1CN(C(=O)c1ccc(C)s1)C2. The minimum Gasteiger partial charge on any atom is -0.335 e. The topological polar surface area (TPSA) is 40.6 Å². The molecule has 3 fully saturated rings. The molecule has 4 rings (SSSR count). The van der Waals surface area contributed by atoms with Gasteiger partial charge in [0.1, 0.15) is 0 Å². The summed E-state index contributed by atoms with van der Waals surface area (Å²) in [5.41, 5.74) is 1.22. The molecular formula is C18H24N2O2S. The van der Waals surface area contributed by atoms with E-state index in [0.717, 1.165) is 22.6 Å². The first kappa shape index (κ1) is 16.2. The van der Waals surface area contributed by atoms with Crippen LogP contribution in [0.1, 0.15) is 41.2 Å². The van der Waals surface area contributed by atoms with E-state index in [9.17, 15) is 9.59 Å². The first-order valence-electron chi connectivity index (χ1n) is 8.25. The van der Waals surface area contributed by atoms with Gasteiger partial charge in [-0.15, -0.1) is 11.3 Å². The van der Waals surface area contributed by atoms with Crippen molar-refractivity contribution in [3.05, 3.63) is 33.5 Å². The van der Waals surface area contributed by atoms with Crippen LogP contribution in [0.4, 0.5) is 0 Å². The van der Waals surface area contributed by atoms with Gasteiger partial charge in [0.05, 0.1) is 10.8 Å². The van der Waals surface area contributed by atoms with Crippen LogP contribution in [0, 0.1) is 12.8 Å². The molecular weight excluding hydrogens is 308 g/mol. The van der Waals surface area contributed by atoms with E-state index in [-0.39, 0.29) is 23.8 Å².